The molecule has 0 rings (SSSR count). The van der Waals surface area contributed by atoms with Crippen LogP contribution in [0.1, 0.15) is 232 Å². The third-order valence-corrected chi connectivity index (χ3v) is 9.62. The molecular formula is C40H81NO3. The van der Waals surface area contributed by atoms with E-state index in [2.05, 4.69) is 19.2 Å². The molecule has 0 saturated heterocycles. The minimum atomic E-state index is -0.649. The summed E-state index contributed by atoms with van der Waals surface area (Å²) >= 11 is 0. The fraction of sp³-hybridized carbons (Fsp3) is 0.975. The summed E-state index contributed by atoms with van der Waals surface area (Å²) in [6.07, 6.45) is 44.0. The Morgan fingerprint density at radius 3 is 1.02 bits per heavy atom. The van der Waals surface area contributed by atoms with E-state index in [-0.39, 0.29) is 12.5 Å². The molecule has 3 N–H and O–H groups in total. The maximum atomic E-state index is 12.2. The van der Waals surface area contributed by atoms with Crippen LogP contribution in [0.2, 0.25) is 0 Å². The van der Waals surface area contributed by atoms with Crippen LogP contribution < -0.4 is 5.32 Å². The zero-order valence-electron chi connectivity index (χ0n) is 30.2. The molecular weight excluding hydrogens is 542 g/mol. The van der Waals surface area contributed by atoms with Gasteiger partial charge in [0, 0.05) is 6.42 Å². The third kappa shape index (κ3) is 32.8. The number of aliphatic hydroxyl groups excluding tert-OH is 2. The van der Waals surface area contributed by atoms with Gasteiger partial charge < -0.3 is 15.5 Å². The van der Waals surface area contributed by atoms with Crippen molar-refractivity contribution in [1.82, 2.24) is 5.32 Å². The second-order valence-electron chi connectivity index (χ2n) is 14.1. The normalized spacial score (nSPS) is 12.9. The molecule has 0 heterocycles. The van der Waals surface area contributed by atoms with Crippen LogP contribution in [-0.4, -0.2) is 34.9 Å². The molecule has 2 atom stereocenters. The summed E-state index contributed by atoms with van der Waals surface area (Å²) in [4.78, 5) is 12.2. The van der Waals surface area contributed by atoms with Crippen LogP contribution in [0.25, 0.3) is 0 Å². The number of carbonyl (C=O) groups is 1. The average molecular weight is 624 g/mol. The molecule has 4 nitrogen and oxygen atoms in total. The van der Waals surface area contributed by atoms with Gasteiger partial charge in [0.05, 0.1) is 18.8 Å². The van der Waals surface area contributed by atoms with Crippen molar-refractivity contribution in [2.24, 2.45) is 0 Å². The number of nitrogens with one attached hydrogen (secondary N) is 1. The van der Waals surface area contributed by atoms with E-state index in [1.54, 1.807) is 0 Å². The van der Waals surface area contributed by atoms with Gasteiger partial charge in [-0.15, -0.1) is 0 Å². The Morgan fingerprint density at radius 1 is 0.455 bits per heavy atom. The molecule has 1 amide bonds. The Balaban J connectivity index is 3.25. The van der Waals surface area contributed by atoms with Gasteiger partial charge in [0.15, 0.2) is 0 Å². The molecule has 0 aliphatic carbocycles. The van der Waals surface area contributed by atoms with E-state index in [1.807, 2.05) is 0 Å². The fourth-order valence-corrected chi connectivity index (χ4v) is 6.48. The number of carbonyl (C=O) groups excluding carboxylic acids is 1. The Labute approximate surface area is 276 Å². The topological polar surface area (TPSA) is 69.6 Å². The summed E-state index contributed by atoms with van der Waals surface area (Å²) in [6, 6.07) is -0.525. The molecule has 0 aromatic heterocycles. The molecule has 0 aliphatic heterocycles. The number of rotatable bonds is 37. The first-order valence-corrected chi connectivity index (χ1v) is 20.2. The van der Waals surface area contributed by atoms with Gasteiger partial charge in [-0.1, -0.05) is 213 Å². The fourth-order valence-electron chi connectivity index (χ4n) is 6.48. The van der Waals surface area contributed by atoms with Gasteiger partial charge in [-0.25, -0.2) is 0 Å². The van der Waals surface area contributed by atoms with Gasteiger partial charge >= 0.3 is 0 Å². The SMILES string of the molecule is CCCCCCCCCCCCCCCCCCCCCCCCCCCCCCCC(=O)NC(CO)C(O)CCCCC. The number of hydrogen-bond donors (Lipinski definition) is 3. The summed E-state index contributed by atoms with van der Waals surface area (Å²) in [6.45, 7) is 4.23. The predicted molar refractivity (Wildman–Crippen MR) is 193 cm³/mol. The molecule has 2 unspecified atom stereocenters. The predicted octanol–water partition coefficient (Wildman–Crippen LogP) is 12.1. The van der Waals surface area contributed by atoms with Gasteiger partial charge in [0.1, 0.15) is 0 Å². The Bertz CT molecular complexity index is 555. The molecule has 0 aliphatic rings. The van der Waals surface area contributed by atoms with Crippen LogP contribution in [0.15, 0.2) is 0 Å². The van der Waals surface area contributed by atoms with Gasteiger partial charge in [-0.2, -0.15) is 0 Å². The van der Waals surface area contributed by atoms with E-state index < -0.39 is 12.1 Å². The second kappa shape index (κ2) is 36.9. The maximum Gasteiger partial charge on any atom is 0.220 e. The van der Waals surface area contributed by atoms with Crippen LogP contribution >= 0.6 is 0 Å². The van der Waals surface area contributed by atoms with Crippen molar-refractivity contribution >= 4 is 5.91 Å². The van der Waals surface area contributed by atoms with Crippen molar-refractivity contribution in [2.75, 3.05) is 6.61 Å². The Hall–Kier alpha value is -0.610. The zero-order chi connectivity index (χ0) is 32.2. The maximum absolute atomic E-state index is 12.2. The van der Waals surface area contributed by atoms with Gasteiger partial charge in [-0.05, 0) is 12.8 Å². The molecule has 0 fully saturated rings. The van der Waals surface area contributed by atoms with Gasteiger partial charge in [0.25, 0.3) is 0 Å². The average Bonchev–Trinajstić information content (AvgIpc) is 3.02. The first kappa shape index (κ1) is 43.4. The second-order valence-corrected chi connectivity index (χ2v) is 14.1. The third-order valence-electron chi connectivity index (χ3n) is 9.62. The van der Waals surface area contributed by atoms with Crippen molar-refractivity contribution in [2.45, 2.75) is 244 Å². The van der Waals surface area contributed by atoms with Crippen molar-refractivity contribution in [3.63, 3.8) is 0 Å². The Morgan fingerprint density at radius 2 is 0.727 bits per heavy atom. The van der Waals surface area contributed by atoms with Gasteiger partial charge in [-0.3, -0.25) is 4.79 Å². The smallest absolute Gasteiger partial charge is 0.220 e. The highest BCUT2D eigenvalue weighted by Crippen LogP contribution is 2.17. The van der Waals surface area contributed by atoms with Gasteiger partial charge in [0.2, 0.25) is 5.91 Å². The first-order valence-electron chi connectivity index (χ1n) is 20.2. The lowest BCUT2D eigenvalue weighted by atomic mass is 10.0. The van der Waals surface area contributed by atoms with E-state index in [0.29, 0.717) is 12.8 Å². The molecule has 0 saturated carbocycles. The summed E-state index contributed by atoms with van der Waals surface area (Å²) < 4.78 is 0. The Kier molecular flexibility index (Phi) is 36.3. The molecule has 0 bridgehead atoms. The van der Waals surface area contributed by atoms with Crippen LogP contribution in [0.5, 0.6) is 0 Å². The minimum absolute atomic E-state index is 0.0383. The minimum Gasteiger partial charge on any atom is -0.394 e. The molecule has 0 spiro atoms. The number of hydrogen-bond acceptors (Lipinski definition) is 3. The monoisotopic (exact) mass is 624 g/mol. The summed E-state index contributed by atoms with van der Waals surface area (Å²) in [7, 11) is 0. The number of unbranched alkanes of at least 4 members (excludes halogenated alkanes) is 30. The summed E-state index contributed by atoms with van der Waals surface area (Å²) in [5.74, 6) is -0.0383. The lowest BCUT2D eigenvalue weighted by molar-refractivity contribution is -0.123. The van der Waals surface area contributed by atoms with Crippen LogP contribution in [0.3, 0.4) is 0 Å². The molecule has 0 aromatic carbocycles. The summed E-state index contributed by atoms with van der Waals surface area (Å²) in [5, 5.41) is 22.5. The van der Waals surface area contributed by atoms with E-state index >= 15 is 0 Å². The van der Waals surface area contributed by atoms with Crippen molar-refractivity contribution < 1.29 is 15.0 Å². The quantitative estimate of drug-likeness (QED) is 0.0603. The van der Waals surface area contributed by atoms with Crippen molar-refractivity contribution in [1.29, 1.82) is 0 Å². The molecule has 44 heavy (non-hydrogen) atoms. The number of amides is 1. The number of aliphatic hydroxyl groups is 2. The molecule has 4 heteroatoms. The largest absolute Gasteiger partial charge is 0.394 e. The van der Waals surface area contributed by atoms with Crippen LogP contribution in [0, 0.1) is 0 Å². The lowest BCUT2D eigenvalue weighted by Crippen LogP contribution is -2.45. The van der Waals surface area contributed by atoms with Crippen molar-refractivity contribution in [3.8, 4) is 0 Å². The van der Waals surface area contributed by atoms with E-state index in [9.17, 15) is 15.0 Å². The van der Waals surface area contributed by atoms with E-state index in [0.717, 1.165) is 32.1 Å². The van der Waals surface area contributed by atoms with E-state index in [4.69, 9.17) is 0 Å². The highest BCUT2D eigenvalue weighted by Gasteiger charge is 2.19. The molecule has 0 radical (unpaired) electrons. The lowest BCUT2D eigenvalue weighted by Gasteiger charge is -2.22. The standard InChI is InChI=1S/C40H81NO3/c1-3-5-7-8-9-10-11-12-13-14-15-16-17-18-19-20-21-22-23-24-25-26-27-28-29-30-31-32-34-36-40(44)41-38(37-42)39(43)35-33-6-4-2/h38-39,42-43H,3-37H2,1-2H3,(H,41,44). The molecule has 0 aromatic rings. The van der Waals surface area contributed by atoms with Crippen LogP contribution in [-0.2, 0) is 4.79 Å². The molecule has 264 valence electrons. The highest BCUT2D eigenvalue weighted by molar-refractivity contribution is 5.76. The zero-order valence-corrected chi connectivity index (χ0v) is 30.2. The summed E-state index contributed by atoms with van der Waals surface area (Å²) in [5.41, 5.74) is 0. The van der Waals surface area contributed by atoms with Crippen molar-refractivity contribution in [3.05, 3.63) is 0 Å². The van der Waals surface area contributed by atoms with Crippen LogP contribution in [0.4, 0.5) is 0 Å². The highest BCUT2D eigenvalue weighted by atomic mass is 16.3. The first-order chi connectivity index (χ1) is 21.7. The van der Waals surface area contributed by atoms with E-state index in [1.165, 1.54) is 173 Å².